The number of anilines is 1. The number of carbonyl (C=O) groups is 1. The Morgan fingerprint density at radius 1 is 1.19 bits per heavy atom. The number of hydrogen-bond donors (Lipinski definition) is 2. The van der Waals surface area contributed by atoms with Crippen molar-refractivity contribution in [1.82, 2.24) is 5.32 Å². The van der Waals surface area contributed by atoms with Crippen LogP contribution in [0.15, 0.2) is 46.9 Å². The molecule has 0 unspecified atom stereocenters. The molecule has 0 aliphatic rings. The summed E-state index contributed by atoms with van der Waals surface area (Å²) in [6.45, 7) is 2.00. The maximum absolute atomic E-state index is 12.0. The average Bonchev–Trinajstić information content (AvgIpc) is 2.42. The van der Waals surface area contributed by atoms with E-state index < -0.39 is 0 Å². The molecule has 0 radical (unpaired) electrons. The van der Waals surface area contributed by atoms with E-state index in [9.17, 15) is 4.79 Å². The molecule has 108 valence electrons. The molecule has 0 saturated carbocycles. The molecular weight excluding hydrogens is 372 g/mol. The van der Waals surface area contributed by atoms with E-state index in [0.29, 0.717) is 10.6 Å². The summed E-state index contributed by atoms with van der Waals surface area (Å²) in [5.74, 6) is -0.285. The molecule has 0 heterocycles. The first-order valence-electron chi connectivity index (χ1n) is 6.10. The molecule has 3 nitrogen and oxygen atoms in total. The number of rotatable bonds is 2. The van der Waals surface area contributed by atoms with Gasteiger partial charge in [0, 0.05) is 15.1 Å². The van der Waals surface area contributed by atoms with Crippen molar-refractivity contribution in [2.45, 2.75) is 6.92 Å². The van der Waals surface area contributed by atoms with Gasteiger partial charge in [-0.25, -0.2) is 0 Å². The Balaban J connectivity index is 2.01. The van der Waals surface area contributed by atoms with Gasteiger partial charge >= 0.3 is 0 Å². The van der Waals surface area contributed by atoms with Crippen LogP contribution in [0.3, 0.4) is 0 Å². The number of thiocarbonyl (C=S) groups is 1. The van der Waals surface area contributed by atoms with E-state index in [2.05, 4.69) is 26.6 Å². The van der Waals surface area contributed by atoms with Crippen molar-refractivity contribution < 1.29 is 4.79 Å². The highest BCUT2D eigenvalue weighted by molar-refractivity contribution is 9.10. The predicted octanol–water partition coefficient (Wildman–Crippen LogP) is 4.54. The molecule has 1 amide bonds. The molecule has 21 heavy (non-hydrogen) atoms. The molecule has 2 N–H and O–H groups in total. The minimum atomic E-state index is -0.285. The van der Waals surface area contributed by atoms with Gasteiger partial charge in [-0.2, -0.15) is 0 Å². The van der Waals surface area contributed by atoms with Gasteiger partial charge in [0.1, 0.15) is 0 Å². The van der Waals surface area contributed by atoms with Gasteiger partial charge < -0.3 is 5.32 Å². The van der Waals surface area contributed by atoms with E-state index in [1.807, 2.05) is 25.1 Å². The summed E-state index contributed by atoms with van der Waals surface area (Å²) in [5, 5.41) is 6.41. The topological polar surface area (TPSA) is 41.1 Å². The van der Waals surface area contributed by atoms with E-state index >= 15 is 0 Å². The summed E-state index contributed by atoms with van der Waals surface area (Å²) in [5.41, 5.74) is 2.41. The first kappa shape index (κ1) is 15.9. The molecule has 0 aromatic heterocycles. The zero-order chi connectivity index (χ0) is 15.4. The van der Waals surface area contributed by atoms with Gasteiger partial charge in [0.15, 0.2) is 5.11 Å². The van der Waals surface area contributed by atoms with Crippen LogP contribution in [-0.2, 0) is 0 Å². The molecule has 0 aliphatic heterocycles. The molecule has 0 aliphatic carbocycles. The van der Waals surface area contributed by atoms with E-state index in [0.717, 1.165) is 15.7 Å². The summed E-state index contributed by atoms with van der Waals surface area (Å²) in [4.78, 5) is 12.0. The van der Waals surface area contributed by atoms with Gasteiger partial charge in [0.25, 0.3) is 5.91 Å². The lowest BCUT2D eigenvalue weighted by atomic mass is 10.2. The monoisotopic (exact) mass is 382 g/mol. The van der Waals surface area contributed by atoms with Crippen LogP contribution in [0.4, 0.5) is 5.69 Å². The first-order valence-corrected chi connectivity index (χ1v) is 7.67. The molecule has 0 fully saturated rings. The summed E-state index contributed by atoms with van der Waals surface area (Å²) < 4.78 is 0.880. The number of benzene rings is 2. The quantitative estimate of drug-likeness (QED) is 0.748. The number of nitrogens with one attached hydrogen (secondary N) is 2. The van der Waals surface area contributed by atoms with Crippen molar-refractivity contribution in [1.29, 1.82) is 0 Å². The fourth-order valence-electron chi connectivity index (χ4n) is 1.65. The number of hydrogen-bond acceptors (Lipinski definition) is 2. The Labute approximate surface area is 141 Å². The van der Waals surface area contributed by atoms with Crippen LogP contribution >= 0.6 is 39.7 Å². The standard InChI is InChI=1S/C15H12BrClN2OS/c1-9-2-7-13(12(16)8-9)18-15(21)19-14(20)10-3-5-11(17)6-4-10/h2-8H,1H3,(H2,18,19,20,21). The summed E-state index contributed by atoms with van der Waals surface area (Å²) in [7, 11) is 0. The van der Waals surface area contributed by atoms with Crippen LogP contribution in [0.2, 0.25) is 5.02 Å². The van der Waals surface area contributed by atoms with Crippen LogP contribution in [-0.4, -0.2) is 11.0 Å². The van der Waals surface area contributed by atoms with Gasteiger partial charge in [-0.1, -0.05) is 17.7 Å². The second-order valence-electron chi connectivity index (χ2n) is 4.40. The normalized spacial score (nSPS) is 10.0. The van der Waals surface area contributed by atoms with Gasteiger partial charge in [-0.15, -0.1) is 0 Å². The third kappa shape index (κ3) is 4.52. The predicted molar refractivity (Wildman–Crippen MR) is 94.0 cm³/mol. The average molecular weight is 384 g/mol. The molecule has 0 bridgehead atoms. The maximum atomic E-state index is 12.0. The Morgan fingerprint density at radius 3 is 2.48 bits per heavy atom. The van der Waals surface area contributed by atoms with Crippen molar-refractivity contribution in [3.63, 3.8) is 0 Å². The fraction of sp³-hybridized carbons (Fsp3) is 0.0667. The minimum Gasteiger partial charge on any atom is -0.331 e. The molecule has 0 spiro atoms. The van der Waals surface area contributed by atoms with Crippen LogP contribution < -0.4 is 10.6 Å². The van der Waals surface area contributed by atoms with E-state index in [4.69, 9.17) is 23.8 Å². The Kier molecular flexibility index (Phi) is 5.33. The van der Waals surface area contributed by atoms with Crippen molar-refractivity contribution in [2.75, 3.05) is 5.32 Å². The maximum Gasteiger partial charge on any atom is 0.257 e. The third-order valence-electron chi connectivity index (χ3n) is 2.71. The summed E-state index contributed by atoms with van der Waals surface area (Å²) >= 11 is 14.4. The molecule has 0 atom stereocenters. The van der Waals surface area contributed by atoms with Crippen molar-refractivity contribution in [3.05, 3.63) is 63.1 Å². The molecule has 2 rings (SSSR count). The minimum absolute atomic E-state index is 0.236. The highest BCUT2D eigenvalue weighted by Crippen LogP contribution is 2.23. The second-order valence-corrected chi connectivity index (χ2v) is 6.10. The highest BCUT2D eigenvalue weighted by Gasteiger charge is 2.09. The SMILES string of the molecule is Cc1ccc(NC(=S)NC(=O)c2ccc(Cl)cc2)c(Br)c1. The second kappa shape index (κ2) is 7.02. The first-order chi connectivity index (χ1) is 9.95. The van der Waals surface area contributed by atoms with E-state index in [1.54, 1.807) is 24.3 Å². The molecule has 0 saturated heterocycles. The largest absolute Gasteiger partial charge is 0.331 e. The van der Waals surface area contributed by atoms with E-state index in [1.165, 1.54) is 0 Å². The fourth-order valence-corrected chi connectivity index (χ4v) is 2.57. The van der Waals surface area contributed by atoms with Gasteiger partial charge in [0.2, 0.25) is 0 Å². The van der Waals surface area contributed by atoms with Crippen LogP contribution in [0, 0.1) is 6.92 Å². The van der Waals surface area contributed by atoms with Crippen LogP contribution in [0.25, 0.3) is 0 Å². The Morgan fingerprint density at radius 2 is 1.86 bits per heavy atom. The number of halogens is 2. The van der Waals surface area contributed by atoms with Crippen LogP contribution in [0.5, 0.6) is 0 Å². The summed E-state index contributed by atoms with van der Waals surface area (Å²) in [6.07, 6.45) is 0. The lowest BCUT2D eigenvalue weighted by Crippen LogP contribution is -2.34. The molecular formula is C15H12BrClN2OS. The lowest BCUT2D eigenvalue weighted by molar-refractivity contribution is 0.0978. The van der Waals surface area contributed by atoms with Gasteiger partial charge in [-0.3, -0.25) is 10.1 Å². The smallest absolute Gasteiger partial charge is 0.257 e. The van der Waals surface area contributed by atoms with Crippen molar-refractivity contribution >= 4 is 56.5 Å². The third-order valence-corrected chi connectivity index (χ3v) is 3.82. The molecule has 2 aromatic rings. The van der Waals surface area contributed by atoms with Crippen molar-refractivity contribution in [2.24, 2.45) is 0 Å². The zero-order valence-electron chi connectivity index (χ0n) is 11.1. The van der Waals surface area contributed by atoms with Gasteiger partial charge in [-0.05, 0) is 77.0 Å². The highest BCUT2D eigenvalue weighted by atomic mass is 79.9. The summed E-state index contributed by atoms with van der Waals surface area (Å²) in [6, 6.07) is 12.4. The number of aryl methyl sites for hydroxylation is 1. The Bertz CT molecular complexity index is 689. The Hall–Kier alpha value is -1.43. The molecule has 6 heteroatoms. The lowest BCUT2D eigenvalue weighted by Gasteiger charge is -2.11. The van der Waals surface area contributed by atoms with Crippen LogP contribution in [0.1, 0.15) is 15.9 Å². The molecule has 2 aromatic carbocycles. The number of carbonyl (C=O) groups excluding carboxylic acids is 1. The number of amides is 1. The van der Waals surface area contributed by atoms with E-state index in [-0.39, 0.29) is 11.0 Å². The van der Waals surface area contributed by atoms with Gasteiger partial charge in [0.05, 0.1) is 5.69 Å². The zero-order valence-corrected chi connectivity index (χ0v) is 14.3. The van der Waals surface area contributed by atoms with Crippen molar-refractivity contribution in [3.8, 4) is 0 Å².